The van der Waals surface area contributed by atoms with Crippen LogP contribution in [-0.4, -0.2) is 17.2 Å². The molecule has 2 aromatic rings. The van der Waals surface area contributed by atoms with Crippen LogP contribution in [0.2, 0.25) is 0 Å². The lowest BCUT2D eigenvalue weighted by Crippen LogP contribution is -2.07. The maximum absolute atomic E-state index is 14.1. The molecule has 20 heavy (non-hydrogen) atoms. The number of rotatable bonds is 4. The number of aromatic nitrogens is 1. The molecule has 0 saturated heterocycles. The van der Waals surface area contributed by atoms with Crippen molar-refractivity contribution >= 4 is 0 Å². The number of ether oxygens (including phenoxy) is 1. The maximum atomic E-state index is 14.1. The Balaban J connectivity index is 2.25. The van der Waals surface area contributed by atoms with Crippen molar-refractivity contribution in [3.63, 3.8) is 0 Å². The Labute approximate surface area is 118 Å². The highest BCUT2D eigenvalue weighted by Gasteiger charge is 2.16. The summed E-state index contributed by atoms with van der Waals surface area (Å²) in [6.45, 7) is 3.73. The summed E-state index contributed by atoms with van der Waals surface area (Å²) in [7, 11) is 1.42. The van der Waals surface area contributed by atoms with Crippen molar-refractivity contribution < 1.29 is 14.2 Å². The SMILES string of the molecule is COc1cccc(CC(O)c2ccc(C)nc2C)c1F. The molecule has 2 rings (SSSR count). The van der Waals surface area contributed by atoms with Gasteiger partial charge in [0.05, 0.1) is 13.2 Å². The molecule has 0 amide bonds. The van der Waals surface area contributed by atoms with Crippen LogP contribution in [0, 0.1) is 19.7 Å². The molecule has 1 aromatic carbocycles. The number of aryl methyl sites for hydroxylation is 2. The lowest BCUT2D eigenvalue weighted by molar-refractivity contribution is 0.175. The molecule has 0 bridgehead atoms. The third kappa shape index (κ3) is 2.96. The summed E-state index contributed by atoms with van der Waals surface area (Å²) in [4.78, 5) is 4.31. The van der Waals surface area contributed by atoms with Crippen LogP contribution in [0.3, 0.4) is 0 Å². The van der Waals surface area contributed by atoms with E-state index in [0.717, 1.165) is 17.0 Å². The van der Waals surface area contributed by atoms with E-state index >= 15 is 0 Å². The van der Waals surface area contributed by atoms with Gasteiger partial charge < -0.3 is 9.84 Å². The van der Waals surface area contributed by atoms with Crippen LogP contribution in [0.4, 0.5) is 4.39 Å². The fourth-order valence-electron chi connectivity index (χ4n) is 2.24. The molecule has 1 atom stereocenters. The first-order valence-corrected chi connectivity index (χ1v) is 6.46. The van der Waals surface area contributed by atoms with Crippen molar-refractivity contribution in [3.05, 3.63) is 58.7 Å². The van der Waals surface area contributed by atoms with E-state index in [1.54, 1.807) is 18.2 Å². The van der Waals surface area contributed by atoms with Gasteiger partial charge in [-0.15, -0.1) is 0 Å². The number of aliphatic hydroxyl groups excluding tert-OH is 1. The van der Waals surface area contributed by atoms with Crippen LogP contribution in [0.25, 0.3) is 0 Å². The molecule has 1 aromatic heterocycles. The van der Waals surface area contributed by atoms with E-state index in [2.05, 4.69) is 4.98 Å². The minimum absolute atomic E-state index is 0.188. The van der Waals surface area contributed by atoms with E-state index in [4.69, 9.17) is 4.74 Å². The van der Waals surface area contributed by atoms with Crippen molar-refractivity contribution in [3.8, 4) is 5.75 Å². The molecular formula is C16H18FNO2. The molecule has 0 aliphatic carbocycles. The largest absolute Gasteiger partial charge is 0.494 e. The molecule has 1 unspecified atom stereocenters. The fraction of sp³-hybridized carbons (Fsp3) is 0.312. The first-order valence-electron chi connectivity index (χ1n) is 6.46. The number of hydrogen-bond donors (Lipinski definition) is 1. The minimum Gasteiger partial charge on any atom is -0.494 e. The van der Waals surface area contributed by atoms with Gasteiger partial charge in [0.25, 0.3) is 0 Å². The zero-order valence-corrected chi connectivity index (χ0v) is 11.9. The first-order chi connectivity index (χ1) is 9.52. The van der Waals surface area contributed by atoms with Gasteiger partial charge in [0.2, 0.25) is 0 Å². The van der Waals surface area contributed by atoms with Crippen LogP contribution in [0.1, 0.15) is 28.6 Å². The van der Waals surface area contributed by atoms with Gasteiger partial charge in [-0.3, -0.25) is 4.98 Å². The van der Waals surface area contributed by atoms with Crippen molar-refractivity contribution in [1.82, 2.24) is 4.98 Å². The van der Waals surface area contributed by atoms with Crippen molar-refractivity contribution in [1.29, 1.82) is 0 Å². The number of halogens is 1. The second-order valence-corrected chi connectivity index (χ2v) is 4.78. The van der Waals surface area contributed by atoms with Crippen LogP contribution >= 0.6 is 0 Å². The minimum atomic E-state index is -0.787. The fourth-order valence-corrected chi connectivity index (χ4v) is 2.24. The van der Waals surface area contributed by atoms with E-state index < -0.39 is 11.9 Å². The lowest BCUT2D eigenvalue weighted by atomic mass is 9.99. The Bertz CT molecular complexity index is 613. The lowest BCUT2D eigenvalue weighted by Gasteiger charge is -2.15. The van der Waals surface area contributed by atoms with Gasteiger partial charge in [0.15, 0.2) is 11.6 Å². The number of benzene rings is 1. The Kier molecular flexibility index (Phi) is 4.35. The second-order valence-electron chi connectivity index (χ2n) is 4.78. The van der Waals surface area contributed by atoms with Gasteiger partial charge in [-0.05, 0) is 31.5 Å². The number of hydrogen-bond acceptors (Lipinski definition) is 3. The van der Waals surface area contributed by atoms with Crippen LogP contribution in [-0.2, 0) is 6.42 Å². The third-order valence-electron chi connectivity index (χ3n) is 3.30. The number of aliphatic hydroxyl groups is 1. The van der Waals surface area contributed by atoms with E-state index in [0.29, 0.717) is 5.56 Å². The molecule has 1 heterocycles. The normalized spacial score (nSPS) is 12.2. The van der Waals surface area contributed by atoms with Gasteiger partial charge in [0, 0.05) is 23.4 Å². The monoisotopic (exact) mass is 275 g/mol. The standard InChI is InChI=1S/C16H18FNO2/c1-10-7-8-13(11(2)18-10)14(19)9-12-5-4-6-15(20-3)16(12)17/h4-8,14,19H,9H2,1-3H3. The highest BCUT2D eigenvalue weighted by Crippen LogP contribution is 2.26. The number of pyridine rings is 1. The van der Waals surface area contributed by atoms with Gasteiger partial charge >= 0.3 is 0 Å². The molecular weight excluding hydrogens is 257 g/mol. The second kappa shape index (κ2) is 6.01. The van der Waals surface area contributed by atoms with Crippen LogP contribution in [0.15, 0.2) is 30.3 Å². The summed E-state index contributed by atoms with van der Waals surface area (Å²) >= 11 is 0. The average Bonchev–Trinajstić information content (AvgIpc) is 2.41. The summed E-state index contributed by atoms with van der Waals surface area (Å²) in [6, 6.07) is 8.60. The first kappa shape index (κ1) is 14.5. The zero-order chi connectivity index (χ0) is 14.7. The predicted octanol–water partition coefficient (Wildman–Crippen LogP) is 3.12. The molecule has 4 heteroatoms. The molecule has 106 valence electrons. The van der Waals surface area contributed by atoms with E-state index in [1.165, 1.54) is 7.11 Å². The summed E-state index contributed by atoms with van der Waals surface area (Å²) in [5, 5.41) is 10.3. The summed E-state index contributed by atoms with van der Waals surface area (Å²) in [5.41, 5.74) is 2.81. The summed E-state index contributed by atoms with van der Waals surface area (Å²) < 4.78 is 19.0. The number of nitrogens with zero attached hydrogens (tertiary/aromatic N) is 1. The highest BCUT2D eigenvalue weighted by molar-refractivity contribution is 5.33. The quantitative estimate of drug-likeness (QED) is 0.932. The average molecular weight is 275 g/mol. The topological polar surface area (TPSA) is 42.4 Å². The van der Waals surface area contributed by atoms with E-state index in [9.17, 15) is 9.50 Å². The van der Waals surface area contributed by atoms with Crippen molar-refractivity contribution in [2.75, 3.05) is 7.11 Å². The third-order valence-corrected chi connectivity index (χ3v) is 3.30. The molecule has 0 fully saturated rings. The smallest absolute Gasteiger partial charge is 0.168 e. The molecule has 3 nitrogen and oxygen atoms in total. The maximum Gasteiger partial charge on any atom is 0.168 e. The van der Waals surface area contributed by atoms with Gasteiger partial charge in [-0.25, -0.2) is 4.39 Å². The Morgan fingerprint density at radius 1 is 1.25 bits per heavy atom. The van der Waals surface area contributed by atoms with Crippen LogP contribution in [0.5, 0.6) is 5.75 Å². The summed E-state index contributed by atoms with van der Waals surface area (Å²) in [6.07, 6.45) is -0.598. The van der Waals surface area contributed by atoms with Gasteiger partial charge in [0.1, 0.15) is 0 Å². The molecule has 0 radical (unpaired) electrons. The molecule has 0 aliphatic rings. The predicted molar refractivity (Wildman–Crippen MR) is 75.3 cm³/mol. The Hall–Kier alpha value is -1.94. The van der Waals surface area contributed by atoms with E-state index in [-0.39, 0.29) is 12.2 Å². The zero-order valence-electron chi connectivity index (χ0n) is 11.9. The molecule has 1 N–H and O–H groups in total. The highest BCUT2D eigenvalue weighted by atomic mass is 19.1. The van der Waals surface area contributed by atoms with Crippen molar-refractivity contribution in [2.45, 2.75) is 26.4 Å². The van der Waals surface area contributed by atoms with Gasteiger partial charge in [-0.1, -0.05) is 18.2 Å². The van der Waals surface area contributed by atoms with Gasteiger partial charge in [-0.2, -0.15) is 0 Å². The molecule has 0 saturated carbocycles. The Morgan fingerprint density at radius 3 is 2.65 bits per heavy atom. The number of methoxy groups -OCH3 is 1. The summed E-state index contributed by atoms with van der Waals surface area (Å²) in [5.74, 6) is -0.236. The molecule has 0 spiro atoms. The van der Waals surface area contributed by atoms with E-state index in [1.807, 2.05) is 26.0 Å². The van der Waals surface area contributed by atoms with Crippen molar-refractivity contribution in [2.24, 2.45) is 0 Å². The molecule has 0 aliphatic heterocycles. The Morgan fingerprint density at radius 2 is 2.00 bits per heavy atom. The van der Waals surface area contributed by atoms with Crippen LogP contribution < -0.4 is 4.74 Å².